The van der Waals surface area contributed by atoms with E-state index in [1.807, 2.05) is 0 Å². The highest BCUT2D eigenvalue weighted by Crippen LogP contribution is 1.93. The fourth-order valence-electron chi connectivity index (χ4n) is 0.294. The van der Waals surface area contributed by atoms with E-state index in [0.29, 0.717) is 13.2 Å². The molecule has 0 saturated heterocycles. The quantitative estimate of drug-likeness (QED) is 0.430. The molecule has 0 N–H and O–H groups in total. The van der Waals surface area contributed by atoms with E-state index < -0.39 is 0 Å². The van der Waals surface area contributed by atoms with Crippen LogP contribution in [0.25, 0.3) is 0 Å². The molecule has 0 saturated carbocycles. The molecule has 0 aliphatic carbocycles. The topological polar surface area (TPSA) is 18.5 Å². The standard InChI is InChI=1S/C5H11ClO2/c1-5(6)8-4-3-7-2/h5H,3-4H2,1-2H3. The maximum absolute atomic E-state index is 5.44. The highest BCUT2D eigenvalue weighted by atomic mass is 35.5. The van der Waals surface area contributed by atoms with Gasteiger partial charge in [-0.2, -0.15) is 0 Å². The lowest BCUT2D eigenvalue weighted by molar-refractivity contribution is 0.0610. The van der Waals surface area contributed by atoms with Crippen LogP contribution in [-0.2, 0) is 9.47 Å². The summed E-state index contributed by atoms with van der Waals surface area (Å²) >= 11 is 5.44. The molecule has 0 fully saturated rings. The summed E-state index contributed by atoms with van der Waals surface area (Å²) in [4.78, 5) is 0. The van der Waals surface area contributed by atoms with Gasteiger partial charge in [-0.1, -0.05) is 11.6 Å². The Morgan fingerprint density at radius 3 is 2.50 bits per heavy atom. The summed E-state index contributed by atoms with van der Waals surface area (Å²) in [5, 5.41) is 0. The third kappa shape index (κ3) is 6.21. The number of halogens is 1. The van der Waals surface area contributed by atoms with Gasteiger partial charge in [-0.3, -0.25) is 0 Å². The zero-order valence-corrected chi connectivity index (χ0v) is 5.94. The monoisotopic (exact) mass is 138 g/mol. The normalized spacial score (nSPS) is 13.9. The van der Waals surface area contributed by atoms with E-state index in [4.69, 9.17) is 21.1 Å². The zero-order valence-electron chi connectivity index (χ0n) is 5.19. The number of ether oxygens (including phenoxy) is 2. The Bertz CT molecular complexity index is 47.7. The number of methoxy groups -OCH3 is 1. The Hall–Kier alpha value is 0.210. The minimum atomic E-state index is -0.204. The van der Waals surface area contributed by atoms with Crippen LogP contribution in [0.5, 0.6) is 0 Å². The highest BCUT2D eigenvalue weighted by Gasteiger charge is 1.91. The van der Waals surface area contributed by atoms with Crippen LogP contribution < -0.4 is 0 Å². The molecule has 0 rings (SSSR count). The van der Waals surface area contributed by atoms with E-state index in [1.54, 1.807) is 14.0 Å². The molecular formula is C5H11ClO2. The van der Waals surface area contributed by atoms with Crippen molar-refractivity contribution in [2.75, 3.05) is 20.3 Å². The molecule has 0 heterocycles. The first-order chi connectivity index (χ1) is 3.77. The molecule has 0 aromatic carbocycles. The predicted molar refractivity (Wildman–Crippen MR) is 33.1 cm³/mol. The van der Waals surface area contributed by atoms with Crippen molar-refractivity contribution in [2.45, 2.75) is 12.5 Å². The van der Waals surface area contributed by atoms with Gasteiger partial charge < -0.3 is 9.47 Å². The maximum atomic E-state index is 5.44. The van der Waals surface area contributed by atoms with Crippen molar-refractivity contribution in [1.29, 1.82) is 0 Å². The largest absolute Gasteiger partial charge is 0.382 e. The summed E-state index contributed by atoms with van der Waals surface area (Å²) in [5.74, 6) is 0. The van der Waals surface area contributed by atoms with Gasteiger partial charge in [-0.25, -0.2) is 0 Å². The van der Waals surface area contributed by atoms with Crippen molar-refractivity contribution in [3.63, 3.8) is 0 Å². The molecule has 8 heavy (non-hydrogen) atoms. The van der Waals surface area contributed by atoms with Gasteiger partial charge in [0.15, 0.2) is 0 Å². The molecule has 0 bridgehead atoms. The van der Waals surface area contributed by atoms with Gasteiger partial charge in [0.1, 0.15) is 5.56 Å². The average molecular weight is 139 g/mol. The molecule has 2 nitrogen and oxygen atoms in total. The maximum Gasteiger partial charge on any atom is 0.128 e. The first kappa shape index (κ1) is 8.21. The Balaban J connectivity index is 2.72. The summed E-state index contributed by atoms with van der Waals surface area (Å²) in [6.45, 7) is 2.95. The first-order valence-corrected chi connectivity index (χ1v) is 2.95. The lowest BCUT2D eigenvalue weighted by Gasteiger charge is -2.02. The van der Waals surface area contributed by atoms with Crippen LogP contribution in [0, 0.1) is 0 Å². The Morgan fingerprint density at radius 2 is 2.12 bits per heavy atom. The van der Waals surface area contributed by atoms with E-state index in [0.717, 1.165) is 0 Å². The predicted octanol–water partition coefficient (Wildman–Crippen LogP) is 1.23. The molecule has 0 aliphatic heterocycles. The van der Waals surface area contributed by atoms with E-state index in [-0.39, 0.29) is 5.56 Å². The number of hydrogen-bond donors (Lipinski definition) is 0. The molecule has 0 amide bonds. The van der Waals surface area contributed by atoms with Crippen LogP contribution in [0.1, 0.15) is 6.92 Å². The smallest absolute Gasteiger partial charge is 0.128 e. The zero-order chi connectivity index (χ0) is 6.41. The molecule has 0 aromatic rings. The molecule has 1 atom stereocenters. The molecule has 3 heteroatoms. The van der Waals surface area contributed by atoms with Crippen molar-refractivity contribution < 1.29 is 9.47 Å². The van der Waals surface area contributed by atoms with E-state index >= 15 is 0 Å². The third-order valence-corrected chi connectivity index (χ3v) is 0.761. The van der Waals surface area contributed by atoms with Crippen molar-refractivity contribution in [1.82, 2.24) is 0 Å². The second kappa shape index (κ2) is 5.35. The number of alkyl halides is 1. The van der Waals surface area contributed by atoms with E-state index in [9.17, 15) is 0 Å². The van der Waals surface area contributed by atoms with Gasteiger partial charge in [-0.15, -0.1) is 0 Å². The molecule has 1 unspecified atom stereocenters. The van der Waals surface area contributed by atoms with E-state index in [2.05, 4.69) is 0 Å². The summed E-state index contributed by atoms with van der Waals surface area (Å²) in [5.41, 5.74) is -0.204. The van der Waals surface area contributed by atoms with Gasteiger partial charge in [0, 0.05) is 7.11 Å². The summed E-state index contributed by atoms with van der Waals surface area (Å²) in [7, 11) is 1.63. The fraction of sp³-hybridized carbons (Fsp3) is 1.00. The third-order valence-electron chi connectivity index (χ3n) is 0.635. The lowest BCUT2D eigenvalue weighted by Crippen LogP contribution is -2.05. The highest BCUT2D eigenvalue weighted by molar-refractivity contribution is 6.19. The van der Waals surface area contributed by atoms with Crippen LogP contribution >= 0.6 is 11.6 Å². The molecular weight excluding hydrogens is 128 g/mol. The SMILES string of the molecule is COCCOC(C)Cl. The Morgan fingerprint density at radius 1 is 1.50 bits per heavy atom. The van der Waals surface area contributed by atoms with Crippen LogP contribution in [0.15, 0.2) is 0 Å². The molecule has 0 spiro atoms. The Labute approximate surface area is 54.7 Å². The van der Waals surface area contributed by atoms with Crippen molar-refractivity contribution in [3.05, 3.63) is 0 Å². The van der Waals surface area contributed by atoms with E-state index in [1.165, 1.54) is 0 Å². The fourth-order valence-corrected chi connectivity index (χ4v) is 0.383. The van der Waals surface area contributed by atoms with Gasteiger partial charge >= 0.3 is 0 Å². The van der Waals surface area contributed by atoms with Crippen molar-refractivity contribution in [3.8, 4) is 0 Å². The van der Waals surface area contributed by atoms with Crippen LogP contribution in [0.2, 0.25) is 0 Å². The minimum Gasteiger partial charge on any atom is -0.382 e. The number of rotatable bonds is 4. The number of hydrogen-bond acceptors (Lipinski definition) is 2. The first-order valence-electron chi connectivity index (χ1n) is 2.52. The molecule has 50 valence electrons. The second-order valence-electron chi connectivity index (χ2n) is 1.41. The lowest BCUT2D eigenvalue weighted by atomic mass is 10.7. The van der Waals surface area contributed by atoms with Gasteiger partial charge in [-0.05, 0) is 6.92 Å². The average Bonchev–Trinajstić information content (AvgIpc) is 1.66. The van der Waals surface area contributed by atoms with Gasteiger partial charge in [0.2, 0.25) is 0 Å². The van der Waals surface area contributed by atoms with Gasteiger partial charge in [0.25, 0.3) is 0 Å². The minimum absolute atomic E-state index is 0.204. The molecule has 0 aliphatic rings. The van der Waals surface area contributed by atoms with Crippen LogP contribution in [-0.4, -0.2) is 25.9 Å². The van der Waals surface area contributed by atoms with Gasteiger partial charge in [0.05, 0.1) is 13.2 Å². The second-order valence-corrected chi connectivity index (χ2v) is 2.02. The van der Waals surface area contributed by atoms with Crippen LogP contribution in [0.3, 0.4) is 0 Å². The summed E-state index contributed by atoms with van der Waals surface area (Å²) in [6, 6.07) is 0. The molecule has 0 aromatic heterocycles. The summed E-state index contributed by atoms with van der Waals surface area (Å²) in [6.07, 6.45) is 0. The van der Waals surface area contributed by atoms with Crippen molar-refractivity contribution >= 4 is 11.6 Å². The summed E-state index contributed by atoms with van der Waals surface area (Å²) < 4.78 is 9.63. The molecule has 0 radical (unpaired) electrons. The van der Waals surface area contributed by atoms with Crippen molar-refractivity contribution in [2.24, 2.45) is 0 Å². The van der Waals surface area contributed by atoms with Crippen LogP contribution in [0.4, 0.5) is 0 Å². The Kier molecular flexibility index (Phi) is 5.49.